The fraction of sp³-hybridized carbons (Fsp3) is 0.222. The van der Waals surface area contributed by atoms with E-state index in [-0.39, 0.29) is 5.78 Å². The molecule has 33 heavy (non-hydrogen) atoms. The highest BCUT2D eigenvalue weighted by Crippen LogP contribution is 2.42. The molecule has 0 unspecified atom stereocenters. The second-order valence-electron chi connectivity index (χ2n) is 7.97. The third-order valence-corrected chi connectivity index (χ3v) is 5.74. The molecule has 3 aromatic rings. The predicted molar refractivity (Wildman–Crippen MR) is 125 cm³/mol. The molecule has 5 rings (SSSR count). The Labute approximate surface area is 193 Å². The molecule has 0 bridgehead atoms. The van der Waals surface area contributed by atoms with Crippen LogP contribution in [0.4, 0.5) is 0 Å². The monoisotopic (exact) mass is 443 g/mol. The first-order valence-electron chi connectivity index (χ1n) is 11.0. The van der Waals surface area contributed by atoms with Crippen LogP contribution in [0.1, 0.15) is 34.0 Å². The normalized spacial score (nSPS) is 16.1. The van der Waals surface area contributed by atoms with Crippen LogP contribution in [-0.2, 0) is 13.1 Å². The van der Waals surface area contributed by atoms with Gasteiger partial charge in [-0.25, -0.2) is 0 Å². The molecule has 0 aromatic heterocycles. The summed E-state index contributed by atoms with van der Waals surface area (Å²) in [7, 11) is 1.66. The summed E-state index contributed by atoms with van der Waals surface area (Å²) in [4.78, 5) is 15.2. The number of fused-ring (bicyclic) bond motifs is 3. The molecular formula is C27H25NO5. The van der Waals surface area contributed by atoms with Crippen molar-refractivity contribution in [1.29, 1.82) is 0 Å². The Morgan fingerprint density at radius 3 is 2.48 bits per heavy atom. The molecule has 0 saturated carbocycles. The average Bonchev–Trinajstić information content (AvgIpc) is 3.16. The van der Waals surface area contributed by atoms with Gasteiger partial charge in [-0.2, -0.15) is 0 Å². The summed E-state index contributed by atoms with van der Waals surface area (Å²) in [5.74, 6) is 3.17. The van der Waals surface area contributed by atoms with Crippen LogP contribution < -0.4 is 18.9 Å². The lowest BCUT2D eigenvalue weighted by molar-refractivity contribution is 0.0872. The van der Waals surface area contributed by atoms with E-state index in [1.54, 1.807) is 19.3 Å². The van der Waals surface area contributed by atoms with Crippen LogP contribution in [0.5, 0.6) is 23.0 Å². The number of rotatable bonds is 6. The number of Topliss-reactive ketones (excluding diaryl/α,β-unsaturated/α-hetero) is 1. The number of methoxy groups -OCH3 is 1. The summed E-state index contributed by atoms with van der Waals surface area (Å²) in [5.41, 5.74) is 3.50. The van der Waals surface area contributed by atoms with Crippen molar-refractivity contribution in [3.8, 4) is 23.0 Å². The molecule has 0 spiro atoms. The molecule has 3 aromatic carbocycles. The number of allylic oxidation sites excluding steroid dienone is 1. The zero-order valence-electron chi connectivity index (χ0n) is 18.7. The lowest BCUT2D eigenvalue weighted by Crippen LogP contribution is -2.31. The lowest BCUT2D eigenvalue weighted by Gasteiger charge is -2.29. The fourth-order valence-corrected chi connectivity index (χ4v) is 4.07. The van der Waals surface area contributed by atoms with Gasteiger partial charge < -0.3 is 18.9 Å². The Bertz CT molecular complexity index is 1200. The standard InChI is InChI=1S/C27H25NO5/c1-3-31-21-10-4-18(5-11-21)14-25-26(29)22-12-13-24-23(27(22)33-25)16-28(17-32-24)15-19-6-8-20(30-2)9-7-19/h4-14H,3,15-17H2,1-2H3/b25-14-. The van der Waals surface area contributed by atoms with Gasteiger partial charge in [0.25, 0.3) is 0 Å². The van der Waals surface area contributed by atoms with Gasteiger partial charge in [0.05, 0.1) is 24.8 Å². The van der Waals surface area contributed by atoms with E-state index in [0.29, 0.717) is 37.0 Å². The first kappa shape index (κ1) is 21.1. The molecule has 0 atom stereocenters. The van der Waals surface area contributed by atoms with Crippen LogP contribution in [0.3, 0.4) is 0 Å². The largest absolute Gasteiger partial charge is 0.497 e. The zero-order chi connectivity index (χ0) is 22.8. The Morgan fingerprint density at radius 2 is 1.76 bits per heavy atom. The fourth-order valence-electron chi connectivity index (χ4n) is 4.07. The van der Waals surface area contributed by atoms with E-state index in [2.05, 4.69) is 4.90 Å². The summed E-state index contributed by atoms with van der Waals surface area (Å²) in [6.45, 7) is 4.38. The average molecular weight is 443 g/mol. The number of nitrogens with zero attached hydrogens (tertiary/aromatic N) is 1. The Balaban J connectivity index is 1.36. The highest BCUT2D eigenvalue weighted by molar-refractivity contribution is 6.15. The van der Waals surface area contributed by atoms with Gasteiger partial charge in [0.2, 0.25) is 5.78 Å². The molecule has 0 fully saturated rings. The third-order valence-electron chi connectivity index (χ3n) is 5.74. The number of hydrogen-bond donors (Lipinski definition) is 0. The van der Waals surface area contributed by atoms with Gasteiger partial charge in [0, 0.05) is 13.1 Å². The quantitative estimate of drug-likeness (QED) is 0.496. The molecule has 6 heteroatoms. The summed E-state index contributed by atoms with van der Waals surface area (Å²) in [6, 6.07) is 19.2. The molecule has 0 radical (unpaired) electrons. The Kier molecular flexibility index (Phi) is 5.75. The summed E-state index contributed by atoms with van der Waals surface area (Å²) in [6.07, 6.45) is 1.77. The van der Waals surface area contributed by atoms with E-state index in [4.69, 9.17) is 18.9 Å². The molecule has 6 nitrogen and oxygen atoms in total. The van der Waals surface area contributed by atoms with Crippen molar-refractivity contribution in [2.75, 3.05) is 20.4 Å². The van der Waals surface area contributed by atoms with Gasteiger partial charge in [0.1, 0.15) is 29.7 Å². The van der Waals surface area contributed by atoms with Crippen molar-refractivity contribution in [1.82, 2.24) is 4.90 Å². The third kappa shape index (κ3) is 4.30. The first-order valence-corrected chi connectivity index (χ1v) is 11.0. The van der Waals surface area contributed by atoms with Gasteiger partial charge in [-0.15, -0.1) is 0 Å². The number of hydrogen-bond acceptors (Lipinski definition) is 6. The zero-order valence-corrected chi connectivity index (χ0v) is 18.7. The number of ketones is 1. The topological polar surface area (TPSA) is 57.2 Å². The van der Waals surface area contributed by atoms with Crippen molar-refractivity contribution in [3.05, 3.63) is 88.7 Å². The minimum atomic E-state index is -0.117. The highest BCUT2D eigenvalue weighted by atomic mass is 16.5. The SMILES string of the molecule is CCOc1ccc(/C=C2\Oc3c(ccc4c3CN(Cc3ccc(OC)cc3)CO4)C2=O)cc1. The van der Waals surface area contributed by atoms with Crippen LogP contribution in [0, 0.1) is 0 Å². The predicted octanol–water partition coefficient (Wildman–Crippen LogP) is 5.06. The van der Waals surface area contributed by atoms with Gasteiger partial charge in [-0.3, -0.25) is 9.69 Å². The van der Waals surface area contributed by atoms with E-state index < -0.39 is 0 Å². The lowest BCUT2D eigenvalue weighted by atomic mass is 10.0. The van der Waals surface area contributed by atoms with Gasteiger partial charge in [-0.05, 0) is 60.5 Å². The molecule has 2 aliphatic rings. The van der Waals surface area contributed by atoms with Crippen LogP contribution in [-0.4, -0.2) is 31.1 Å². The van der Waals surface area contributed by atoms with Crippen LogP contribution >= 0.6 is 0 Å². The molecule has 2 aliphatic heterocycles. The minimum Gasteiger partial charge on any atom is -0.497 e. The van der Waals surface area contributed by atoms with E-state index in [1.807, 2.05) is 61.5 Å². The maximum atomic E-state index is 13.0. The second kappa shape index (κ2) is 9.00. The summed E-state index contributed by atoms with van der Waals surface area (Å²) in [5, 5.41) is 0. The van der Waals surface area contributed by atoms with Crippen LogP contribution in [0.2, 0.25) is 0 Å². The number of ether oxygens (including phenoxy) is 4. The van der Waals surface area contributed by atoms with Crippen LogP contribution in [0.25, 0.3) is 6.08 Å². The second-order valence-corrected chi connectivity index (χ2v) is 7.97. The maximum absolute atomic E-state index is 13.0. The Hall–Kier alpha value is -3.77. The van der Waals surface area contributed by atoms with Gasteiger partial charge in [0.15, 0.2) is 5.76 Å². The smallest absolute Gasteiger partial charge is 0.231 e. The molecule has 0 N–H and O–H groups in total. The van der Waals surface area contributed by atoms with Gasteiger partial charge >= 0.3 is 0 Å². The first-order chi connectivity index (χ1) is 16.1. The van der Waals surface area contributed by atoms with Crippen molar-refractivity contribution in [3.63, 3.8) is 0 Å². The molecule has 2 heterocycles. The number of carbonyl (C=O) groups is 1. The van der Waals surface area contributed by atoms with Gasteiger partial charge in [-0.1, -0.05) is 24.3 Å². The van der Waals surface area contributed by atoms with Crippen molar-refractivity contribution < 1.29 is 23.7 Å². The molecule has 0 amide bonds. The van der Waals surface area contributed by atoms with Crippen molar-refractivity contribution >= 4 is 11.9 Å². The minimum absolute atomic E-state index is 0.117. The van der Waals surface area contributed by atoms with E-state index in [9.17, 15) is 4.79 Å². The van der Waals surface area contributed by atoms with Crippen molar-refractivity contribution in [2.45, 2.75) is 20.0 Å². The molecular weight excluding hydrogens is 418 g/mol. The summed E-state index contributed by atoms with van der Waals surface area (Å²) >= 11 is 0. The van der Waals surface area contributed by atoms with E-state index >= 15 is 0 Å². The number of carbonyl (C=O) groups excluding carboxylic acids is 1. The highest BCUT2D eigenvalue weighted by Gasteiger charge is 2.33. The Morgan fingerprint density at radius 1 is 1.00 bits per heavy atom. The number of benzene rings is 3. The van der Waals surface area contributed by atoms with Crippen LogP contribution in [0.15, 0.2) is 66.4 Å². The molecule has 0 saturated heterocycles. The van der Waals surface area contributed by atoms with Crippen molar-refractivity contribution in [2.24, 2.45) is 0 Å². The maximum Gasteiger partial charge on any atom is 0.231 e. The molecule has 168 valence electrons. The van der Waals surface area contributed by atoms with E-state index in [1.165, 1.54) is 0 Å². The van der Waals surface area contributed by atoms with E-state index in [0.717, 1.165) is 40.5 Å². The summed E-state index contributed by atoms with van der Waals surface area (Å²) < 4.78 is 22.8. The molecule has 0 aliphatic carbocycles.